The molecular weight excluding hydrogens is 348 g/mol. The van der Waals surface area contributed by atoms with E-state index in [-0.39, 0.29) is 19.0 Å². The number of nitrogens with zero attached hydrogens (tertiary/aromatic N) is 1. The second-order valence-electron chi connectivity index (χ2n) is 5.81. The number of benzene rings is 2. The smallest absolute Gasteiger partial charge is 0.262 e. The lowest BCUT2D eigenvalue weighted by atomic mass is 9.85. The highest BCUT2D eigenvalue weighted by atomic mass is 35.5. The Morgan fingerprint density at radius 3 is 2.00 bits per heavy atom. The number of nitrogens with one attached hydrogen (secondary N) is 1. The number of rotatable bonds is 6. The topological polar surface area (TPSA) is 52.6 Å². The molecule has 0 saturated carbocycles. The molecule has 5 heteroatoms. The summed E-state index contributed by atoms with van der Waals surface area (Å²) >= 11 is 0. The van der Waals surface area contributed by atoms with E-state index in [2.05, 4.69) is 29.0 Å². The van der Waals surface area contributed by atoms with Crippen molar-refractivity contribution < 1.29 is 9.90 Å². The van der Waals surface area contributed by atoms with Crippen LogP contribution in [0.1, 0.15) is 18.1 Å². The van der Waals surface area contributed by atoms with Crippen molar-refractivity contribution in [3.05, 3.63) is 71.8 Å². The van der Waals surface area contributed by atoms with Crippen LogP contribution in [0.3, 0.4) is 0 Å². The molecule has 4 nitrogen and oxygen atoms in total. The zero-order valence-corrected chi connectivity index (χ0v) is 15.9. The van der Waals surface area contributed by atoms with Gasteiger partial charge in [0.25, 0.3) is 5.91 Å². The molecule has 26 heavy (non-hydrogen) atoms. The van der Waals surface area contributed by atoms with Gasteiger partial charge in [0, 0.05) is 0 Å². The fraction of sp³-hybridized carbons (Fsp3) is 0.286. The van der Waals surface area contributed by atoms with Crippen LogP contribution >= 0.6 is 12.4 Å². The predicted molar refractivity (Wildman–Crippen MR) is 107 cm³/mol. The van der Waals surface area contributed by atoms with E-state index in [0.717, 1.165) is 6.54 Å². The van der Waals surface area contributed by atoms with Crippen molar-refractivity contribution in [1.82, 2.24) is 10.2 Å². The first kappa shape index (κ1) is 21.7. The van der Waals surface area contributed by atoms with Gasteiger partial charge in [-0.3, -0.25) is 9.69 Å². The van der Waals surface area contributed by atoms with Crippen LogP contribution in [0.4, 0.5) is 0 Å². The van der Waals surface area contributed by atoms with Crippen LogP contribution in [-0.2, 0) is 10.4 Å². The van der Waals surface area contributed by atoms with Gasteiger partial charge < -0.3 is 10.4 Å². The van der Waals surface area contributed by atoms with E-state index in [0.29, 0.717) is 17.7 Å². The number of halogens is 1. The van der Waals surface area contributed by atoms with Crippen molar-refractivity contribution >= 4 is 18.3 Å². The van der Waals surface area contributed by atoms with Crippen LogP contribution in [0, 0.1) is 11.8 Å². The van der Waals surface area contributed by atoms with Gasteiger partial charge in [-0.15, -0.1) is 12.4 Å². The van der Waals surface area contributed by atoms with Crippen LogP contribution in [-0.4, -0.2) is 42.6 Å². The van der Waals surface area contributed by atoms with Gasteiger partial charge in [0.2, 0.25) is 0 Å². The van der Waals surface area contributed by atoms with Gasteiger partial charge in [-0.1, -0.05) is 79.4 Å². The molecule has 138 valence electrons. The molecule has 2 aromatic carbocycles. The van der Waals surface area contributed by atoms with E-state index < -0.39 is 11.5 Å². The van der Waals surface area contributed by atoms with Gasteiger partial charge in [-0.25, -0.2) is 0 Å². The average Bonchev–Trinajstić information content (AvgIpc) is 2.68. The molecule has 0 fully saturated rings. The SMILES string of the molecule is CCN(C)CC#CCNC(=O)C(O)(c1ccccc1)c1ccccc1.Cl. The molecule has 0 aliphatic carbocycles. The third-order valence-corrected chi connectivity index (χ3v) is 4.06. The molecular formula is C21H25ClN2O2. The molecule has 0 saturated heterocycles. The molecule has 0 aliphatic heterocycles. The summed E-state index contributed by atoms with van der Waals surface area (Å²) in [6, 6.07) is 17.9. The standard InChI is InChI=1S/C21H24N2O2.ClH/c1-3-23(2)17-11-10-16-22-20(24)21(25,18-12-6-4-7-13-18)19-14-8-5-9-15-19;/h4-9,12-15,25H,3,16-17H2,1-2H3,(H,22,24);1H. The van der Waals surface area contributed by atoms with Crippen molar-refractivity contribution in [2.75, 3.05) is 26.7 Å². The minimum absolute atomic E-state index is 0. The van der Waals surface area contributed by atoms with Gasteiger partial charge in [0.1, 0.15) is 0 Å². The van der Waals surface area contributed by atoms with Crippen LogP contribution in [0.5, 0.6) is 0 Å². The zero-order chi connectivity index (χ0) is 18.1. The summed E-state index contributed by atoms with van der Waals surface area (Å²) in [7, 11) is 1.98. The number of hydrogen-bond acceptors (Lipinski definition) is 3. The number of aliphatic hydroxyl groups is 1. The van der Waals surface area contributed by atoms with Crippen molar-refractivity contribution in [3.8, 4) is 11.8 Å². The molecule has 0 atom stereocenters. The van der Waals surface area contributed by atoms with Crippen molar-refractivity contribution in [2.24, 2.45) is 0 Å². The summed E-state index contributed by atoms with van der Waals surface area (Å²) in [6.07, 6.45) is 0. The lowest BCUT2D eigenvalue weighted by molar-refractivity contribution is -0.136. The minimum atomic E-state index is -1.75. The Balaban J connectivity index is 0.00000338. The maximum atomic E-state index is 12.8. The largest absolute Gasteiger partial charge is 0.372 e. The maximum Gasteiger partial charge on any atom is 0.262 e. The Morgan fingerprint density at radius 1 is 1.04 bits per heavy atom. The Labute approximate surface area is 161 Å². The Morgan fingerprint density at radius 2 is 1.54 bits per heavy atom. The van der Waals surface area contributed by atoms with Crippen LogP contribution < -0.4 is 5.32 Å². The molecule has 2 rings (SSSR count). The summed E-state index contributed by atoms with van der Waals surface area (Å²) in [5, 5.41) is 14.0. The van der Waals surface area contributed by atoms with Gasteiger partial charge in [-0.2, -0.15) is 0 Å². The molecule has 0 aliphatic rings. The van der Waals surface area contributed by atoms with Crippen molar-refractivity contribution in [1.29, 1.82) is 0 Å². The number of carbonyl (C=O) groups is 1. The molecule has 2 aromatic rings. The fourth-order valence-electron chi connectivity index (χ4n) is 2.41. The minimum Gasteiger partial charge on any atom is -0.372 e. The summed E-state index contributed by atoms with van der Waals surface area (Å²) < 4.78 is 0. The first-order valence-electron chi connectivity index (χ1n) is 8.35. The molecule has 0 heterocycles. The molecule has 0 spiro atoms. The number of amides is 1. The molecule has 1 amide bonds. The van der Waals surface area contributed by atoms with E-state index in [1.54, 1.807) is 48.5 Å². The molecule has 0 unspecified atom stereocenters. The fourth-order valence-corrected chi connectivity index (χ4v) is 2.41. The third-order valence-electron chi connectivity index (χ3n) is 4.06. The molecule has 0 radical (unpaired) electrons. The van der Waals surface area contributed by atoms with Crippen molar-refractivity contribution in [2.45, 2.75) is 12.5 Å². The summed E-state index contributed by atoms with van der Waals surface area (Å²) in [6.45, 7) is 3.82. The lowest BCUT2D eigenvalue weighted by Crippen LogP contribution is -2.45. The quantitative estimate of drug-likeness (QED) is 0.766. The first-order valence-corrected chi connectivity index (χ1v) is 8.35. The normalized spacial score (nSPS) is 10.5. The maximum absolute atomic E-state index is 12.8. The van der Waals surface area contributed by atoms with Gasteiger partial charge in [0.05, 0.1) is 13.1 Å². The highest BCUT2D eigenvalue weighted by Crippen LogP contribution is 2.29. The van der Waals surface area contributed by atoms with E-state index in [9.17, 15) is 9.90 Å². The number of hydrogen-bond donors (Lipinski definition) is 2. The number of carbonyl (C=O) groups excluding carboxylic acids is 1. The monoisotopic (exact) mass is 372 g/mol. The second kappa shape index (κ2) is 10.6. The van der Waals surface area contributed by atoms with Crippen LogP contribution in [0.25, 0.3) is 0 Å². The summed E-state index contributed by atoms with van der Waals surface area (Å²) in [4.78, 5) is 14.8. The van der Waals surface area contributed by atoms with E-state index in [1.807, 2.05) is 19.2 Å². The second-order valence-corrected chi connectivity index (χ2v) is 5.81. The summed E-state index contributed by atoms with van der Waals surface area (Å²) in [5.41, 5.74) is -0.695. The first-order chi connectivity index (χ1) is 12.1. The Kier molecular flexibility index (Phi) is 8.87. The van der Waals surface area contributed by atoms with E-state index in [4.69, 9.17) is 0 Å². The average molecular weight is 373 g/mol. The highest BCUT2D eigenvalue weighted by molar-refractivity contribution is 5.90. The predicted octanol–water partition coefficient (Wildman–Crippen LogP) is 2.42. The van der Waals surface area contributed by atoms with Gasteiger partial charge >= 0.3 is 0 Å². The molecule has 0 aromatic heterocycles. The zero-order valence-electron chi connectivity index (χ0n) is 15.1. The Bertz CT molecular complexity index is 699. The van der Waals surface area contributed by atoms with E-state index >= 15 is 0 Å². The van der Waals surface area contributed by atoms with Crippen LogP contribution in [0.2, 0.25) is 0 Å². The van der Waals surface area contributed by atoms with Crippen molar-refractivity contribution in [3.63, 3.8) is 0 Å². The highest BCUT2D eigenvalue weighted by Gasteiger charge is 2.39. The Hall–Kier alpha value is -2.32. The van der Waals surface area contributed by atoms with E-state index in [1.165, 1.54) is 0 Å². The van der Waals surface area contributed by atoms with Gasteiger partial charge in [0.15, 0.2) is 5.60 Å². The summed E-state index contributed by atoms with van der Waals surface area (Å²) in [5.74, 6) is 5.44. The molecule has 2 N–H and O–H groups in total. The lowest BCUT2D eigenvalue weighted by Gasteiger charge is -2.27. The van der Waals surface area contributed by atoms with Gasteiger partial charge in [-0.05, 0) is 24.7 Å². The molecule has 0 bridgehead atoms. The van der Waals surface area contributed by atoms with Crippen LogP contribution in [0.15, 0.2) is 60.7 Å². The third kappa shape index (κ3) is 5.34.